The van der Waals surface area contributed by atoms with Gasteiger partial charge in [-0.3, -0.25) is 0 Å². The average molecular weight is 141 g/mol. The maximum Gasteiger partial charge on any atom is 0.261 e. The first kappa shape index (κ1) is 6.54. The fourth-order valence-corrected chi connectivity index (χ4v) is 0. The van der Waals surface area contributed by atoms with Gasteiger partial charge in [-0.1, -0.05) is 5.20 Å². The predicted molar refractivity (Wildman–Crippen MR) is 33.7 cm³/mol. The highest BCUT2D eigenvalue weighted by Crippen LogP contribution is 2.04. The fourth-order valence-electron chi connectivity index (χ4n) is 0. The van der Waals surface area contributed by atoms with Gasteiger partial charge in [0.05, 0.1) is 0 Å². The van der Waals surface area contributed by atoms with Crippen LogP contribution in [-0.2, 0) is 0 Å². The van der Waals surface area contributed by atoms with Crippen molar-refractivity contribution >= 4 is 29.6 Å². The van der Waals surface area contributed by atoms with Crippen molar-refractivity contribution in [2.75, 3.05) is 0 Å². The van der Waals surface area contributed by atoms with E-state index in [2.05, 4.69) is 6.58 Å². The highest BCUT2D eigenvalue weighted by Gasteiger charge is 1.98. The SMILES string of the molecule is C=C(C)[SiH](Cl)Cl. The summed E-state index contributed by atoms with van der Waals surface area (Å²) < 4.78 is 0. The molecule has 0 radical (unpaired) electrons. The van der Waals surface area contributed by atoms with Gasteiger partial charge in [0.25, 0.3) is 7.42 Å². The molecule has 0 aliphatic rings. The minimum Gasteiger partial charge on any atom is -0.145 e. The molecule has 0 aromatic carbocycles. The molecule has 0 fully saturated rings. The molecule has 0 aliphatic heterocycles. The zero-order valence-electron chi connectivity index (χ0n) is 3.54. The van der Waals surface area contributed by atoms with E-state index >= 15 is 0 Å². The summed E-state index contributed by atoms with van der Waals surface area (Å²) in [7, 11) is -1.49. The Kier molecular flexibility index (Phi) is 2.91. The van der Waals surface area contributed by atoms with Gasteiger partial charge in [0, 0.05) is 0 Å². The van der Waals surface area contributed by atoms with Crippen molar-refractivity contribution in [3.05, 3.63) is 11.8 Å². The van der Waals surface area contributed by atoms with Crippen LogP contribution >= 0.6 is 22.2 Å². The average Bonchev–Trinajstić information content (AvgIpc) is 1.36. The molecule has 0 amide bonds. The molecule has 3 heteroatoms. The van der Waals surface area contributed by atoms with Crippen molar-refractivity contribution in [3.63, 3.8) is 0 Å². The maximum atomic E-state index is 5.42. The molecule has 0 rings (SSSR count). The van der Waals surface area contributed by atoms with Gasteiger partial charge in [-0.25, -0.2) is 0 Å². The molecule has 0 bridgehead atoms. The minimum atomic E-state index is -1.49. The first-order valence-corrected chi connectivity index (χ1v) is 5.65. The van der Waals surface area contributed by atoms with Crippen LogP contribution in [0, 0.1) is 0 Å². The molecule has 0 aromatic rings. The van der Waals surface area contributed by atoms with Gasteiger partial charge < -0.3 is 0 Å². The van der Waals surface area contributed by atoms with Gasteiger partial charge in [-0.2, -0.15) is 0 Å². The Morgan fingerprint density at radius 2 is 1.83 bits per heavy atom. The van der Waals surface area contributed by atoms with Crippen LogP contribution in [0.25, 0.3) is 0 Å². The van der Waals surface area contributed by atoms with Crippen molar-refractivity contribution < 1.29 is 0 Å². The molecule has 0 aliphatic carbocycles. The van der Waals surface area contributed by atoms with E-state index in [9.17, 15) is 0 Å². The summed E-state index contributed by atoms with van der Waals surface area (Å²) in [6.45, 7) is 5.40. The Balaban J connectivity index is 3.26. The lowest BCUT2D eigenvalue weighted by Crippen LogP contribution is -1.90. The molecule has 0 spiro atoms. The molecule has 0 saturated heterocycles. The Morgan fingerprint density at radius 3 is 1.83 bits per heavy atom. The summed E-state index contributed by atoms with van der Waals surface area (Å²) in [4.78, 5) is 0. The molecule has 0 aromatic heterocycles. The van der Waals surface area contributed by atoms with Gasteiger partial charge in [-0.15, -0.1) is 28.7 Å². The Morgan fingerprint density at radius 1 is 1.67 bits per heavy atom. The summed E-state index contributed by atoms with van der Waals surface area (Å²) >= 11 is 10.8. The number of halogens is 2. The second-order valence-corrected chi connectivity index (χ2v) is 6.02. The Labute approximate surface area is 48.8 Å². The number of rotatable bonds is 1. The Hall–Kier alpha value is 0.537. The van der Waals surface area contributed by atoms with Gasteiger partial charge in [0.2, 0.25) is 0 Å². The van der Waals surface area contributed by atoms with E-state index < -0.39 is 7.42 Å². The van der Waals surface area contributed by atoms with Crippen LogP contribution in [0.2, 0.25) is 0 Å². The van der Waals surface area contributed by atoms with Crippen molar-refractivity contribution in [2.45, 2.75) is 6.92 Å². The maximum absolute atomic E-state index is 5.42. The molecule has 0 heterocycles. The zero-order valence-corrected chi connectivity index (χ0v) is 6.21. The van der Waals surface area contributed by atoms with Crippen LogP contribution in [0.5, 0.6) is 0 Å². The fraction of sp³-hybridized carbons (Fsp3) is 0.333. The van der Waals surface area contributed by atoms with Gasteiger partial charge in [0.15, 0.2) is 0 Å². The lowest BCUT2D eigenvalue weighted by Gasteiger charge is -1.89. The van der Waals surface area contributed by atoms with Crippen LogP contribution in [0.15, 0.2) is 11.8 Å². The van der Waals surface area contributed by atoms with E-state index in [1.54, 1.807) is 0 Å². The third kappa shape index (κ3) is 2.76. The van der Waals surface area contributed by atoms with E-state index in [1.165, 1.54) is 0 Å². The van der Waals surface area contributed by atoms with Crippen LogP contribution in [0.4, 0.5) is 0 Å². The molecule has 6 heavy (non-hydrogen) atoms. The summed E-state index contributed by atoms with van der Waals surface area (Å²) in [6.07, 6.45) is 0. The summed E-state index contributed by atoms with van der Waals surface area (Å²) in [5.74, 6) is 0. The lowest BCUT2D eigenvalue weighted by molar-refractivity contribution is 1.70. The van der Waals surface area contributed by atoms with Crippen LogP contribution < -0.4 is 0 Å². The first-order chi connectivity index (χ1) is 2.64. The summed E-state index contributed by atoms with van der Waals surface area (Å²) in [5, 5.41) is 0.929. The van der Waals surface area contributed by atoms with Crippen LogP contribution in [-0.4, -0.2) is 7.42 Å². The van der Waals surface area contributed by atoms with Crippen molar-refractivity contribution in [2.24, 2.45) is 0 Å². The van der Waals surface area contributed by atoms with Crippen molar-refractivity contribution in [1.82, 2.24) is 0 Å². The number of hydrogen-bond acceptors (Lipinski definition) is 0. The van der Waals surface area contributed by atoms with E-state index in [0.717, 1.165) is 5.20 Å². The Bertz CT molecular complexity index is 59.8. The van der Waals surface area contributed by atoms with Gasteiger partial charge in [0.1, 0.15) is 0 Å². The van der Waals surface area contributed by atoms with Crippen LogP contribution in [0.3, 0.4) is 0 Å². The molecule has 0 N–H and O–H groups in total. The second kappa shape index (κ2) is 2.67. The molecule has 0 saturated carbocycles. The molecular formula is C3H6Cl2Si. The first-order valence-electron chi connectivity index (χ1n) is 1.58. The second-order valence-electron chi connectivity index (χ2n) is 1.15. The van der Waals surface area contributed by atoms with E-state index in [4.69, 9.17) is 22.2 Å². The minimum absolute atomic E-state index is 0.929. The molecule has 0 nitrogen and oxygen atoms in total. The third-order valence-electron chi connectivity index (χ3n) is 0.373. The van der Waals surface area contributed by atoms with Gasteiger partial charge in [-0.05, 0) is 6.92 Å². The normalized spacial score (nSPS) is 9.33. The standard InChI is InChI=1S/C3H6Cl2Si/c1-3(2)6(4)5/h6H,1H2,2H3. The highest BCUT2D eigenvalue weighted by atomic mass is 35.7. The molecule has 0 atom stereocenters. The summed E-state index contributed by atoms with van der Waals surface area (Å²) in [6, 6.07) is 0. The number of hydrogen-bond donors (Lipinski definition) is 0. The number of allylic oxidation sites excluding steroid dienone is 1. The van der Waals surface area contributed by atoms with Crippen molar-refractivity contribution in [1.29, 1.82) is 0 Å². The van der Waals surface area contributed by atoms with Gasteiger partial charge >= 0.3 is 0 Å². The van der Waals surface area contributed by atoms with Crippen LogP contribution in [0.1, 0.15) is 6.92 Å². The quantitative estimate of drug-likeness (QED) is 0.385. The molecular weight excluding hydrogens is 135 g/mol. The largest absolute Gasteiger partial charge is 0.261 e. The third-order valence-corrected chi connectivity index (χ3v) is 3.35. The molecule has 36 valence electrons. The monoisotopic (exact) mass is 140 g/mol. The van der Waals surface area contributed by atoms with E-state index in [-0.39, 0.29) is 0 Å². The topological polar surface area (TPSA) is 0 Å². The van der Waals surface area contributed by atoms with E-state index in [1.807, 2.05) is 6.92 Å². The van der Waals surface area contributed by atoms with E-state index in [0.29, 0.717) is 0 Å². The molecule has 0 unspecified atom stereocenters. The summed E-state index contributed by atoms with van der Waals surface area (Å²) in [5.41, 5.74) is 0. The smallest absolute Gasteiger partial charge is 0.145 e. The highest BCUT2D eigenvalue weighted by molar-refractivity contribution is 7.36. The zero-order chi connectivity index (χ0) is 5.15. The van der Waals surface area contributed by atoms with Crippen molar-refractivity contribution in [3.8, 4) is 0 Å². The predicted octanol–water partition coefficient (Wildman–Crippen LogP) is 1.80. The lowest BCUT2D eigenvalue weighted by atomic mass is 10.8.